The lowest BCUT2D eigenvalue weighted by Gasteiger charge is -2.07. The molecule has 1 heterocycles. The van der Waals surface area contributed by atoms with Crippen LogP contribution in [0.2, 0.25) is 0 Å². The van der Waals surface area contributed by atoms with Crippen molar-refractivity contribution in [2.45, 2.75) is 13.0 Å². The maximum atomic E-state index is 8.87. The maximum Gasteiger partial charge on any atom is 0.120 e. The van der Waals surface area contributed by atoms with Crippen LogP contribution in [0.5, 0.6) is 5.75 Å². The minimum absolute atomic E-state index is 0.554. The summed E-state index contributed by atoms with van der Waals surface area (Å²) in [6.45, 7) is 1.30. The molecule has 1 aromatic heterocycles. The number of aryl methyl sites for hydroxylation is 1. The fourth-order valence-electron chi connectivity index (χ4n) is 1.79. The first-order valence-electron chi connectivity index (χ1n) is 6.01. The van der Waals surface area contributed by atoms with Crippen LogP contribution in [0.25, 0.3) is 0 Å². The topological polar surface area (TPSA) is 61.7 Å². The van der Waals surface area contributed by atoms with Gasteiger partial charge in [0, 0.05) is 12.7 Å². The Labute approximate surface area is 112 Å². The van der Waals surface area contributed by atoms with Crippen molar-refractivity contribution in [1.29, 1.82) is 10.5 Å². The molecule has 0 aliphatic heterocycles. The Balaban J connectivity index is 1.81. The molecule has 0 atom stereocenters. The number of hydrogen-bond donors (Lipinski definition) is 0. The van der Waals surface area contributed by atoms with E-state index in [1.165, 1.54) is 0 Å². The predicted molar refractivity (Wildman–Crippen MR) is 70.4 cm³/mol. The summed E-state index contributed by atoms with van der Waals surface area (Å²) in [5.74, 6) is 0.701. The smallest absolute Gasteiger partial charge is 0.120 e. The normalized spacial score (nSPS) is 9.58. The number of benzene rings is 1. The van der Waals surface area contributed by atoms with Crippen LogP contribution >= 0.6 is 0 Å². The van der Waals surface area contributed by atoms with Crippen LogP contribution in [0.15, 0.2) is 42.6 Å². The van der Waals surface area contributed by atoms with Gasteiger partial charge in [0.1, 0.15) is 17.5 Å². The van der Waals surface area contributed by atoms with E-state index in [0.29, 0.717) is 23.6 Å². The highest BCUT2D eigenvalue weighted by Gasteiger charge is 2.00. The summed E-state index contributed by atoms with van der Waals surface area (Å²) in [6.07, 6.45) is 2.69. The molecule has 0 saturated carbocycles. The molecule has 4 heteroatoms. The van der Waals surface area contributed by atoms with Gasteiger partial charge in [-0.2, -0.15) is 10.5 Å². The zero-order valence-electron chi connectivity index (χ0n) is 10.4. The second kappa shape index (κ2) is 6.28. The molecule has 0 bridgehead atoms. The third-order valence-corrected chi connectivity index (χ3v) is 2.72. The predicted octanol–water partition coefficient (Wildman–Crippen LogP) is 2.70. The van der Waals surface area contributed by atoms with Crippen LogP contribution < -0.4 is 4.74 Å². The Morgan fingerprint density at radius 2 is 2.00 bits per heavy atom. The quantitative estimate of drug-likeness (QED) is 0.767. The number of aromatic nitrogens is 1. The van der Waals surface area contributed by atoms with E-state index in [2.05, 4.69) is 12.1 Å². The van der Waals surface area contributed by atoms with Crippen LogP contribution in [-0.2, 0) is 6.54 Å². The van der Waals surface area contributed by atoms with Gasteiger partial charge >= 0.3 is 0 Å². The minimum Gasteiger partial charge on any atom is -0.493 e. The Morgan fingerprint density at radius 1 is 1.11 bits per heavy atom. The molecule has 94 valence electrons. The van der Waals surface area contributed by atoms with Crippen molar-refractivity contribution >= 4 is 0 Å². The highest BCUT2D eigenvalue weighted by atomic mass is 16.5. The van der Waals surface area contributed by atoms with Gasteiger partial charge in [-0.05, 0) is 36.8 Å². The molecule has 0 N–H and O–H groups in total. The first-order chi connectivity index (χ1) is 9.33. The van der Waals surface area contributed by atoms with Crippen molar-refractivity contribution in [3.63, 3.8) is 0 Å². The van der Waals surface area contributed by atoms with Gasteiger partial charge in [-0.15, -0.1) is 0 Å². The monoisotopic (exact) mass is 251 g/mol. The highest BCUT2D eigenvalue weighted by Crippen LogP contribution is 2.13. The first kappa shape index (κ1) is 12.7. The molecular formula is C15H13N3O. The average Bonchev–Trinajstić information content (AvgIpc) is 2.91. The van der Waals surface area contributed by atoms with Crippen molar-refractivity contribution < 1.29 is 4.74 Å². The van der Waals surface area contributed by atoms with Gasteiger partial charge in [0.25, 0.3) is 0 Å². The number of rotatable bonds is 5. The largest absolute Gasteiger partial charge is 0.493 e. The van der Waals surface area contributed by atoms with Crippen molar-refractivity contribution in [2.75, 3.05) is 6.61 Å². The fraction of sp³-hybridized carbons (Fsp3) is 0.200. The second-order valence-electron chi connectivity index (χ2n) is 4.04. The van der Waals surface area contributed by atoms with E-state index >= 15 is 0 Å². The van der Waals surface area contributed by atoms with E-state index < -0.39 is 0 Å². The molecule has 0 amide bonds. The molecule has 2 aromatic rings. The fourth-order valence-corrected chi connectivity index (χ4v) is 1.79. The first-order valence-corrected chi connectivity index (χ1v) is 6.01. The van der Waals surface area contributed by atoms with Crippen LogP contribution in [0.4, 0.5) is 0 Å². The zero-order valence-corrected chi connectivity index (χ0v) is 10.4. The SMILES string of the molecule is N#Cc1cccc(OCCCn2cccc2C#N)c1. The summed E-state index contributed by atoms with van der Waals surface area (Å²) in [5, 5.41) is 17.6. The standard InChI is InChI=1S/C15H13N3O/c16-11-13-4-1-6-15(10-13)19-9-3-8-18-7-2-5-14(18)12-17/h1-2,4-7,10H,3,8-9H2. The second-order valence-corrected chi connectivity index (χ2v) is 4.04. The zero-order chi connectivity index (χ0) is 13.5. The lowest BCUT2D eigenvalue weighted by molar-refractivity contribution is 0.301. The number of nitrogens with zero attached hydrogens (tertiary/aromatic N) is 3. The van der Waals surface area contributed by atoms with Crippen molar-refractivity contribution in [3.05, 3.63) is 53.9 Å². The summed E-state index contributed by atoms with van der Waals surface area (Å²) in [6, 6.07) is 14.9. The molecule has 0 radical (unpaired) electrons. The van der Waals surface area contributed by atoms with Gasteiger partial charge in [-0.3, -0.25) is 0 Å². The molecule has 0 fully saturated rings. The van der Waals surface area contributed by atoms with Gasteiger partial charge in [0.15, 0.2) is 0 Å². The van der Waals surface area contributed by atoms with E-state index in [4.69, 9.17) is 15.3 Å². The molecule has 4 nitrogen and oxygen atoms in total. The van der Waals surface area contributed by atoms with Gasteiger partial charge in [-0.25, -0.2) is 0 Å². The van der Waals surface area contributed by atoms with Crippen molar-refractivity contribution in [1.82, 2.24) is 4.57 Å². The van der Waals surface area contributed by atoms with Crippen molar-refractivity contribution in [2.24, 2.45) is 0 Å². The third-order valence-electron chi connectivity index (χ3n) is 2.72. The average molecular weight is 251 g/mol. The van der Waals surface area contributed by atoms with Crippen molar-refractivity contribution in [3.8, 4) is 17.9 Å². The van der Waals surface area contributed by atoms with Crippen LogP contribution in [0, 0.1) is 22.7 Å². The van der Waals surface area contributed by atoms with E-state index in [9.17, 15) is 0 Å². The van der Waals surface area contributed by atoms with Crippen LogP contribution in [-0.4, -0.2) is 11.2 Å². The molecule has 1 aromatic carbocycles. The van der Waals surface area contributed by atoms with Gasteiger partial charge in [0.2, 0.25) is 0 Å². The summed E-state index contributed by atoms with van der Waals surface area (Å²) in [5.41, 5.74) is 1.25. The third kappa shape index (κ3) is 3.37. The lowest BCUT2D eigenvalue weighted by atomic mass is 10.2. The highest BCUT2D eigenvalue weighted by molar-refractivity contribution is 5.36. The number of ether oxygens (including phenoxy) is 1. The van der Waals surface area contributed by atoms with E-state index in [0.717, 1.165) is 13.0 Å². The molecule has 19 heavy (non-hydrogen) atoms. The maximum absolute atomic E-state index is 8.87. The molecule has 0 aliphatic carbocycles. The molecule has 0 saturated heterocycles. The summed E-state index contributed by atoms with van der Waals surface area (Å²) < 4.78 is 7.47. The lowest BCUT2D eigenvalue weighted by Crippen LogP contribution is -2.05. The Bertz CT molecular complexity index is 631. The van der Waals surface area contributed by atoms with Gasteiger partial charge in [0.05, 0.1) is 18.2 Å². The Hall–Kier alpha value is -2.72. The summed E-state index contributed by atoms with van der Waals surface area (Å²) in [4.78, 5) is 0. The minimum atomic E-state index is 0.554. The Morgan fingerprint density at radius 3 is 2.79 bits per heavy atom. The molecule has 0 spiro atoms. The van der Waals surface area contributed by atoms with Crippen LogP contribution in [0.3, 0.4) is 0 Å². The molecule has 2 rings (SSSR count). The number of hydrogen-bond acceptors (Lipinski definition) is 3. The van der Waals surface area contributed by atoms with Gasteiger partial charge < -0.3 is 9.30 Å². The van der Waals surface area contributed by atoms with Crippen LogP contribution in [0.1, 0.15) is 17.7 Å². The molecule has 0 aliphatic rings. The number of nitriles is 2. The van der Waals surface area contributed by atoms with E-state index in [1.54, 1.807) is 24.3 Å². The Kier molecular flexibility index (Phi) is 4.21. The molecule has 0 unspecified atom stereocenters. The van der Waals surface area contributed by atoms with Gasteiger partial charge in [-0.1, -0.05) is 6.07 Å². The summed E-state index contributed by atoms with van der Waals surface area (Å²) in [7, 11) is 0. The van der Waals surface area contributed by atoms with E-state index in [1.807, 2.05) is 22.9 Å². The summed E-state index contributed by atoms with van der Waals surface area (Å²) >= 11 is 0. The van der Waals surface area contributed by atoms with E-state index in [-0.39, 0.29) is 0 Å². The molecular weight excluding hydrogens is 238 g/mol.